The van der Waals surface area contributed by atoms with Crippen molar-refractivity contribution < 1.29 is 9.53 Å². The van der Waals surface area contributed by atoms with Crippen LogP contribution in [-0.2, 0) is 11.3 Å². The lowest BCUT2D eigenvalue weighted by Gasteiger charge is -2.19. The number of hydrogen-bond acceptors (Lipinski definition) is 3. The van der Waals surface area contributed by atoms with Gasteiger partial charge in [-0.3, -0.25) is 9.78 Å². The molecule has 0 aliphatic heterocycles. The highest BCUT2D eigenvalue weighted by atomic mass is 16.5. The summed E-state index contributed by atoms with van der Waals surface area (Å²) < 4.78 is 5.66. The zero-order valence-corrected chi connectivity index (χ0v) is 11.2. The summed E-state index contributed by atoms with van der Waals surface area (Å²) in [4.78, 5) is 17.3. The van der Waals surface area contributed by atoms with E-state index in [1.165, 1.54) is 4.90 Å². The zero-order chi connectivity index (χ0) is 13.1. The van der Waals surface area contributed by atoms with Crippen molar-refractivity contribution in [3.63, 3.8) is 0 Å². The van der Waals surface area contributed by atoms with Gasteiger partial charge in [-0.1, -0.05) is 0 Å². The molecule has 1 heterocycles. The van der Waals surface area contributed by atoms with Crippen molar-refractivity contribution in [2.24, 2.45) is 0 Å². The quantitative estimate of drug-likeness (QED) is 0.807. The lowest BCUT2D eigenvalue weighted by molar-refractivity contribution is -0.0150. The van der Waals surface area contributed by atoms with Crippen LogP contribution in [0.5, 0.6) is 0 Å². The summed E-state index contributed by atoms with van der Waals surface area (Å²) in [5, 5.41) is 0. The van der Waals surface area contributed by atoms with E-state index in [2.05, 4.69) is 4.98 Å². The summed E-state index contributed by atoms with van der Waals surface area (Å²) in [7, 11) is 3.42. The molecule has 0 aliphatic carbocycles. The first-order chi connectivity index (χ1) is 7.79. The summed E-state index contributed by atoms with van der Waals surface area (Å²) in [6, 6.07) is 3.63. The monoisotopic (exact) mass is 236 g/mol. The van der Waals surface area contributed by atoms with E-state index < -0.39 is 0 Å². The van der Waals surface area contributed by atoms with Gasteiger partial charge in [-0.05, 0) is 38.5 Å². The first-order valence-electron chi connectivity index (χ1n) is 5.60. The third-order valence-electron chi connectivity index (χ3n) is 2.12. The van der Waals surface area contributed by atoms with Crippen molar-refractivity contribution in [2.75, 3.05) is 14.1 Å². The van der Waals surface area contributed by atoms with E-state index in [1.54, 1.807) is 26.4 Å². The Bertz CT molecular complexity index is 395. The minimum Gasteiger partial charge on any atom is -0.371 e. The van der Waals surface area contributed by atoms with Gasteiger partial charge in [0.15, 0.2) is 0 Å². The molecule has 94 valence electrons. The van der Waals surface area contributed by atoms with Crippen molar-refractivity contribution in [1.29, 1.82) is 0 Å². The van der Waals surface area contributed by atoms with Crippen LogP contribution < -0.4 is 0 Å². The van der Waals surface area contributed by atoms with Crippen LogP contribution >= 0.6 is 0 Å². The molecule has 4 nitrogen and oxygen atoms in total. The molecule has 0 bridgehead atoms. The van der Waals surface area contributed by atoms with Gasteiger partial charge in [-0.15, -0.1) is 0 Å². The molecule has 0 saturated carbocycles. The average molecular weight is 236 g/mol. The second-order valence-corrected chi connectivity index (χ2v) is 5.15. The van der Waals surface area contributed by atoms with E-state index in [0.717, 1.165) is 5.56 Å². The number of carbonyl (C=O) groups is 1. The standard InChI is InChI=1S/C13H20N2O2/c1-13(2,3)17-9-10-6-7-14-11(8-10)12(16)15(4)5/h6-8H,9H2,1-5H3. The number of nitrogens with zero attached hydrogens (tertiary/aromatic N) is 2. The molecule has 17 heavy (non-hydrogen) atoms. The predicted molar refractivity (Wildman–Crippen MR) is 66.8 cm³/mol. The molecular weight excluding hydrogens is 216 g/mol. The number of pyridine rings is 1. The van der Waals surface area contributed by atoms with Crippen LogP contribution in [-0.4, -0.2) is 35.5 Å². The van der Waals surface area contributed by atoms with Gasteiger partial charge in [-0.2, -0.15) is 0 Å². The fraction of sp³-hybridized carbons (Fsp3) is 0.538. The average Bonchev–Trinajstić information content (AvgIpc) is 2.24. The number of rotatable bonds is 3. The Morgan fingerprint density at radius 2 is 2.06 bits per heavy atom. The van der Waals surface area contributed by atoms with Crippen molar-refractivity contribution in [2.45, 2.75) is 33.0 Å². The lowest BCUT2D eigenvalue weighted by atomic mass is 10.2. The SMILES string of the molecule is CN(C)C(=O)c1cc(COC(C)(C)C)ccn1. The molecule has 0 aromatic carbocycles. The Balaban J connectivity index is 2.76. The van der Waals surface area contributed by atoms with Crippen molar-refractivity contribution in [3.05, 3.63) is 29.6 Å². The number of ether oxygens (including phenoxy) is 1. The van der Waals surface area contributed by atoms with Crippen molar-refractivity contribution in [1.82, 2.24) is 9.88 Å². The summed E-state index contributed by atoms with van der Waals surface area (Å²) in [5.74, 6) is -0.0948. The number of aromatic nitrogens is 1. The van der Waals surface area contributed by atoms with E-state index in [9.17, 15) is 4.79 Å². The van der Waals surface area contributed by atoms with Crippen LogP contribution in [0, 0.1) is 0 Å². The van der Waals surface area contributed by atoms with E-state index in [0.29, 0.717) is 12.3 Å². The van der Waals surface area contributed by atoms with Gasteiger partial charge >= 0.3 is 0 Å². The molecule has 4 heteroatoms. The van der Waals surface area contributed by atoms with Gasteiger partial charge < -0.3 is 9.64 Å². The van der Waals surface area contributed by atoms with Crippen molar-refractivity contribution in [3.8, 4) is 0 Å². The van der Waals surface area contributed by atoms with Gasteiger partial charge in [0.25, 0.3) is 5.91 Å². The fourth-order valence-corrected chi connectivity index (χ4v) is 1.21. The van der Waals surface area contributed by atoms with Crippen LogP contribution in [0.25, 0.3) is 0 Å². The van der Waals surface area contributed by atoms with Crippen LogP contribution in [0.15, 0.2) is 18.3 Å². The number of hydrogen-bond donors (Lipinski definition) is 0. The maximum Gasteiger partial charge on any atom is 0.271 e. The smallest absolute Gasteiger partial charge is 0.271 e. The first-order valence-corrected chi connectivity index (χ1v) is 5.60. The maximum absolute atomic E-state index is 11.7. The zero-order valence-electron chi connectivity index (χ0n) is 11.2. The van der Waals surface area contributed by atoms with E-state index in [4.69, 9.17) is 4.74 Å². The third-order valence-corrected chi connectivity index (χ3v) is 2.12. The van der Waals surface area contributed by atoms with E-state index >= 15 is 0 Å². The van der Waals surface area contributed by atoms with E-state index in [1.807, 2.05) is 26.8 Å². The van der Waals surface area contributed by atoms with Gasteiger partial charge in [-0.25, -0.2) is 0 Å². The third kappa shape index (κ3) is 4.53. The Morgan fingerprint density at radius 1 is 1.41 bits per heavy atom. The molecule has 0 unspecified atom stereocenters. The highest BCUT2D eigenvalue weighted by Crippen LogP contribution is 2.12. The summed E-state index contributed by atoms with van der Waals surface area (Å²) in [6.45, 7) is 6.49. The Morgan fingerprint density at radius 3 is 2.59 bits per heavy atom. The normalized spacial score (nSPS) is 11.4. The second-order valence-electron chi connectivity index (χ2n) is 5.15. The van der Waals surface area contributed by atoms with Gasteiger partial charge in [0.05, 0.1) is 12.2 Å². The summed E-state index contributed by atoms with van der Waals surface area (Å²) >= 11 is 0. The fourth-order valence-electron chi connectivity index (χ4n) is 1.21. The van der Waals surface area contributed by atoms with Gasteiger partial charge in [0, 0.05) is 20.3 Å². The summed E-state index contributed by atoms with van der Waals surface area (Å²) in [6.07, 6.45) is 1.64. The Hall–Kier alpha value is -1.42. The number of amides is 1. The molecule has 1 aromatic rings. The van der Waals surface area contributed by atoms with Crippen LogP contribution in [0.3, 0.4) is 0 Å². The predicted octanol–water partition coefficient (Wildman–Crippen LogP) is 2.10. The van der Waals surface area contributed by atoms with Crippen LogP contribution in [0.1, 0.15) is 36.8 Å². The lowest BCUT2D eigenvalue weighted by Crippen LogP contribution is -2.23. The Kier molecular flexibility index (Phi) is 4.23. The van der Waals surface area contributed by atoms with Gasteiger partial charge in [0.1, 0.15) is 5.69 Å². The largest absolute Gasteiger partial charge is 0.371 e. The molecule has 0 atom stereocenters. The molecular formula is C13H20N2O2. The molecule has 0 saturated heterocycles. The van der Waals surface area contributed by atoms with Crippen molar-refractivity contribution >= 4 is 5.91 Å². The molecule has 0 fully saturated rings. The molecule has 0 spiro atoms. The molecule has 1 aromatic heterocycles. The topological polar surface area (TPSA) is 42.4 Å². The molecule has 0 radical (unpaired) electrons. The molecule has 0 N–H and O–H groups in total. The highest BCUT2D eigenvalue weighted by Gasteiger charge is 2.12. The van der Waals surface area contributed by atoms with E-state index in [-0.39, 0.29) is 11.5 Å². The molecule has 1 rings (SSSR count). The second kappa shape index (κ2) is 5.27. The first kappa shape index (κ1) is 13.6. The highest BCUT2D eigenvalue weighted by molar-refractivity contribution is 5.92. The van der Waals surface area contributed by atoms with Crippen LogP contribution in [0.2, 0.25) is 0 Å². The molecule has 0 aliphatic rings. The van der Waals surface area contributed by atoms with Crippen LogP contribution in [0.4, 0.5) is 0 Å². The van der Waals surface area contributed by atoms with Gasteiger partial charge in [0.2, 0.25) is 0 Å². The Labute approximate surface area is 103 Å². The number of carbonyl (C=O) groups excluding carboxylic acids is 1. The maximum atomic E-state index is 11.7. The molecule has 1 amide bonds. The minimum absolute atomic E-state index is 0.0948. The minimum atomic E-state index is -0.186. The summed E-state index contributed by atoms with van der Waals surface area (Å²) in [5.41, 5.74) is 1.22.